The number of fused-ring (bicyclic) bond motifs is 2. The van der Waals surface area contributed by atoms with Crippen molar-refractivity contribution >= 4 is 0 Å². The molecule has 3 atom stereocenters. The molecule has 132 valence electrons. The number of hydrogen-bond donors (Lipinski definition) is 0. The molecule has 0 saturated carbocycles. The Hall–Kier alpha value is -1.33. The SMILES string of the molecule is C=C1[C@@H](OCc2ccc(C(F)(F)F)cc2)[C@]2(C)CC[C@@]1(C(C)C)O2. The van der Waals surface area contributed by atoms with Gasteiger partial charge in [-0.05, 0) is 49.0 Å². The summed E-state index contributed by atoms with van der Waals surface area (Å²) in [5, 5.41) is 0. The third-order valence-electron chi connectivity index (χ3n) is 5.45. The molecule has 5 heteroatoms. The van der Waals surface area contributed by atoms with Gasteiger partial charge < -0.3 is 9.47 Å². The van der Waals surface area contributed by atoms with Crippen molar-refractivity contribution in [2.45, 2.75) is 63.7 Å². The summed E-state index contributed by atoms with van der Waals surface area (Å²) in [5.41, 5.74) is 0.288. The third kappa shape index (κ3) is 2.68. The van der Waals surface area contributed by atoms with Gasteiger partial charge in [0.15, 0.2) is 0 Å². The molecule has 2 saturated heterocycles. The molecule has 0 spiro atoms. The molecule has 2 fully saturated rings. The minimum absolute atomic E-state index is 0.226. The van der Waals surface area contributed by atoms with Crippen LogP contribution in [-0.2, 0) is 22.3 Å². The molecule has 0 radical (unpaired) electrons. The summed E-state index contributed by atoms with van der Waals surface area (Å²) < 4.78 is 50.2. The van der Waals surface area contributed by atoms with Crippen molar-refractivity contribution in [1.29, 1.82) is 0 Å². The predicted octanol–water partition coefficient (Wildman–Crippen LogP) is 5.12. The van der Waals surface area contributed by atoms with Gasteiger partial charge in [0, 0.05) is 0 Å². The Labute approximate surface area is 140 Å². The highest BCUT2D eigenvalue weighted by atomic mass is 19.4. The van der Waals surface area contributed by atoms with Crippen molar-refractivity contribution in [3.05, 3.63) is 47.5 Å². The topological polar surface area (TPSA) is 18.5 Å². The Bertz CT molecular complexity index is 635. The van der Waals surface area contributed by atoms with Gasteiger partial charge in [0.05, 0.1) is 23.4 Å². The quantitative estimate of drug-likeness (QED) is 0.708. The number of ether oxygens (including phenoxy) is 2. The fourth-order valence-corrected chi connectivity index (χ4v) is 3.98. The van der Waals surface area contributed by atoms with Crippen LogP contribution in [0.25, 0.3) is 0 Å². The average molecular weight is 340 g/mol. The lowest BCUT2D eigenvalue weighted by Crippen LogP contribution is -2.40. The summed E-state index contributed by atoms with van der Waals surface area (Å²) in [4.78, 5) is 0. The second-order valence-electron chi connectivity index (χ2n) is 7.37. The second-order valence-corrected chi connectivity index (χ2v) is 7.37. The van der Waals surface area contributed by atoms with Crippen LogP contribution in [0, 0.1) is 5.92 Å². The summed E-state index contributed by atoms with van der Waals surface area (Å²) in [5.74, 6) is 0.312. The van der Waals surface area contributed by atoms with E-state index in [-0.39, 0.29) is 18.3 Å². The summed E-state index contributed by atoms with van der Waals surface area (Å²) in [6.45, 7) is 10.7. The van der Waals surface area contributed by atoms with Crippen LogP contribution in [0.15, 0.2) is 36.4 Å². The zero-order valence-electron chi connectivity index (χ0n) is 14.2. The molecule has 2 nitrogen and oxygen atoms in total. The minimum atomic E-state index is -4.32. The second kappa shape index (κ2) is 5.60. The van der Waals surface area contributed by atoms with Gasteiger partial charge >= 0.3 is 6.18 Å². The van der Waals surface area contributed by atoms with Gasteiger partial charge in [-0.25, -0.2) is 0 Å². The minimum Gasteiger partial charge on any atom is -0.366 e. The number of rotatable bonds is 4. The lowest BCUT2D eigenvalue weighted by molar-refractivity contribution is -0.137. The largest absolute Gasteiger partial charge is 0.416 e. The Morgan fingerprint density at radius 1 is 1.25 bits per heavy atom. The van der Waals surface area contributed by atoms with Crippen LogP contribution in [0.3, 0.4) is 0 Å². The molecule has 1 aromatic rings. The van der Waals surface area contributed by atoms with Crippen LogP contribution in [0.5, 0.6) is 0 Å². The number of benzene rings is 1. The highest BCUT2D eigenvalue weighted by molar-refractivity contribution is 5.34. The molecular formula is C19H23F3O2. The number of halogens is 3. The molecule has 0 N–H and O–H groups in total. The van der Waals surface area contributed by atoms with Gasteiger partial charge in [0.1, 0.15) is 6.10 Å². The van der Waals surface area contributed by atoms with Gasteiger partial charge in [0.25, 0.3) is 0 Å². The molecule has 0 unspecified atom stereocenters. The van der Waals surface area contributed by atoms with Crippen LogP contribution in [0.1, 0.15) is 44.7 Å². The van der Waals surface area contributed by atoms with Gasteiger partial charge in [-0.2, -0.15) is 13.2 Å². The van der Waals surface area contributed by atoms with Gasteiger partial charge in [-0.1, -0.05) is 32.6 Å². The van der Waals surface area contributed by atoms with Crippen molar-refractivity contribution in [3.8, 4) is 0 Å². The monoisotopic (exact) mass is 340 g/mol. The predicted molar refractivity (Wildman–Crippen MR) is 85.5 cm³/mol. The number of hydrogen-bond acceptors (Lipinski definition) is 2. The lowest BCUT2D eigenvalue weighted by Gasteiger charge is -2.34. The van der Waals surface area contributed by atoms with E-state index < -0.39 is 17.3 Å². The Morgan fingerprint density at radius 2 is 1.88 bits per heavy atom. The van der Waals surface area contributed by atoms with Crippen LogP contribution in [-0.4, -0.2) is 17.3 Å². The summed E-state index contributed by atoms with van der Waals surface area (Å²) in [6, 6.07) is 5.09. The standard InChI is InChI=1S/C19H23F3O2/c1-12(2)18-10-9-17(4,24-18)16(13(18)3)23-11-14-5-7-15(8-6-14)19(20,21)22/h5-8,12,16H,3,9-11H2,1-2,4H3/t16-,17+,18+/m1/s1. The lowest BCUT2D eigenvalue weighted by atomic mass is 9.72. The molecule has 0 aliphatic carbocycles. The van der Waals surface area contributed by atoms with Crippen molar-refractivity contribution in [2.75, 3.05) is 0 Å². The smallest absolute Gasteiger partial charge is 0.366 e. The first-order valence-corrected chi connectivity index (χ1v) is 8.26. The maximum absolute atomic E-state index is 12.6. The van der Waals surface area contributed by atoms with Crippen LogP contribution in [0.4, 0.5) is 13.2 Å². The van der Waals surface area contributed by atoms with E-state index >= 15 is 0 Å². The molecule has 0 aromatic heterocycles. The van der Waals surface area contributed by atoms with Crippen LogP contribution >= 0.6 is 0 Å². The molecule has 2 aliphatic rings. The van der Waals surface area contributed by atoms with E-state index in [1.165, 1.54) is 12.1 Å². The third-order valence-corrected chi connectivity index (χ3v) is 5.45. The highest BCUT2D eigenvalue weighted by Gasteiger charge is 2.63. The van der Waals surface area contributed by atoms with Gasteiger partial charge in [-0.15, -0.1) is 0 Å². The molecule has 2 aliphatic heterocycles. The van der Waals surface area contributed by atoms with Crippen LogP contribution in [0.2, 0.25) is 0 Å². The number of alkyl halides is 3. The Morgan fingerprint density at radius 3 is 2.38 bits per heavy atom. The van der Waals surface area contributed by atoms with E-state index in [9.17, 15) is 13.2 Å². The first-order chi connectivity index (χ1) is 11.1. The molecular weight excluding hydrogens is 317 g/mol. The zero-order valence-corrected chi connectivity index (χ0v) is 14.2. The molecule has 2 bridgehead atoms. The highest BCUT2D eigenvalue weighted by Crippen LogP contribution is 2.57. The fraction of sp³-hybridized carbons (Fsp3) is 0.579. The van der Waals surface area contributed by atoms with Gasteiger partial charge in [-0.3, -0.25) is 0 Å². The van der Waals surface area contributed by atoms with Crippen molar-refractivity contribution < 1.29 is 22.6 Å². The van der Waals surface area contributed by atoms with E-state index in [1.807, 2.05) is 6.92 Å². The molecule has 1 aromatic carbocycles. The van der Waals surface area contributed by atoms with E-state index in [0.29, 0.717) is 11.5 Å². The van der Waals surface area contributed by atoms with E-state index in [4.69, 9.17) is 9.47 Å². The summed E-state index contributed by atoms with van der Waals surface area (Å²) in [6.07, 6.45) is -2.69. The summed E-state index contributed by atoms with van der Waals surface area (Å²) >= 11 is 0. The molecule has 3 rings (SSSR count). The Kier molecular flexibility index (Phi) is 4.08. The molecule has 24 heavy (non-hydrogen) atoms. The first-order valence-electron chi connectivity index (χ1n) is 8.26. The summed E-state index contributed by atoms with van der Waals surface area (Å²) in [7, 11) is 0. The first kappa shape index (κ1) is 17.5. The van der Waals surface area contributed by atoms with Crippen molar-refractivity contribution in [2.24, 2.45) is 5.92 Å². The maximum Gasteiger partial charge on any atom is 0.416 e. The van der Waals surface area contributed by atoms with E-state index in [0.717, 1.165) is 30.5 Å². The van der Waals surface area contributed by atoms with E-state index in [1.54, 1.807) is 0 Å². The van der Waals surface area contributed by atoms with Crippen molar-refractivity contribution in [1.82, 2.24) is 0 Å². The van der Waals surface area contributed by atoms with Crippen LogP contribution < -0.4 is 0 Å². The molecule has 2 heterocycles. The molecule has 0 amide bonds. The average Bonchev–Trinajstić information content (AvgIpc) is 2.96. The van der Waals surface area contributed by atoms with Gasteiger partial charge in [0.2, 0.25) is 0 Å². The zero-order chi connectivity index (χ0) is 17.8. The Balaban J connectivity index is 1.70. The van der Waals surface area contributed by atoms with E-state index in [2.05, 4.69) is 20.4 Å². The normalized spacial score (nSPS) is 32.8. The maximum atomic E-state index is 12.6. The van der Waals surface area contributed by atoms with Crippen molar-refractivity contribution in [3.63, 3.8) is 0 Å². The fourth-order valence-electron chi connectivity index (χ4n) is 3.98.